The van der Waals surface area contributed by atoms with Gasteiger partial charge in [0, 0.05) is 29.5 Å². The van der Waals surface area contributed by atoms with Crippen molar-refractivity contribution in [2.24, 2.45) is 0 Å². The minimum atomic E-state index is -0.941. The fraction of sp³-hybridized carbons (Fsp3) is 0.308. The molecule has 3 aromatic rings. The van der Waals surface area contributed by atoms with E-state index in [1.807, 2.05) is 31.2 Å². The summed E-state index contributed by atoms with van der Waals surface area (Å²) in [5.74, 6) is -1.17. The summed E-state index contributed by atoms with van der Waals surface area (Å²) in [6.45, 7) is 2.05. The molecule has 182 valence electrons. The average molecular weight is 494 g/mol. The lowest BCUT2D eigenvalue weighted by atomic mass is 9.98. The van der Waals surface area contributed by atoms with E-state index in [0.29, 0.717) is 18.0 Å². The molecule has 1 heterocycles. The van der Waals surface area contributed by atoms with Gasteiger partial charge in [0.2, 0.25) is 5.91 Å². The van der Waals surface area contributed by atoms with Gasteiger partial charge in [0.1, 0.15) is 6.61 Å². The van der Waals surface area contributed by atoms with Crippen LogP contribution in [-0.2, 0) is 20.7 Å². The molecule has 0 spiro atoms. The zero-order valence-corrected chi connectivity index (χ0v) is 20.1. The Labute approximate surface area is 207 Å². The van der Waals surface area contributed by atoms with E-state index < -0.39 is 12.1 Å². The van der Waals surface area contributed by atoms with Crippen molar-refractivity contribution >= 4 is 34.4 Å². The van der Waals surface area contributed by atoms with Crippen LogP contribution in [0.4, 0.5) is 9.93 Å². The van der Waals surface area contributed by atoms with Gasteiger partial charge in [-0.05, 0) is 35.1 Å². The van der Waals surface area contributed by atoms with Gasteiger partial charge in [-0.2, -0.15) is 0 Å². The standard InChI is InChI=1S/C26H27N3O5S/c1-2-16(13-24(31)32)28-23(30)12-11-17-14-27-25(35-17)29-26(33)34-15-22-20-9-5-3-7-18(20)19-8-4-6-10-21(19)22/h3-10,14,16,22H,2,11-13,15H2,1H3,(H,28,30)(H,31,32)(H,27,29,33)/t16-/m1/s1. The molecule has 1 aromatic heterocycles. The van der Waals surface area contributed by atoms with Crippen LogP contribution < -0.4 is 10.6 Å². The number of hydrogen-bond acceptors (Lipinski definition) is 6. The van der Waals surface area contributed by atoms with E-state index in [1.165, 1.54) is 22.5 Å². The number of aryl methyl sites for hydroxylation is 1. The van der Waals surface area contributed by atoms with Gasteiger partial charge in [-0.3, -0.25) is 14.9 Å². The summed E-state index contributed by atoms with van der Waals surface area (Å²) in [6.07, 6.45) is 2.14. The first-order chi connectivity index (χ1) is 16.9. The number of aromatic nitrogens is 1. The van der Waals surface area contributed by atoms with Crippen LogP contribution in [0.3, 0.4) is 0 Å². The second-order valence-electron chi connectivity index (χ2n) is 8.35. The zero-order valence-electron chi connectivity index (χ0n) is 19.3. The highest BCUT2D eigenvalue weighted by Gasteiger charge is 2.29. The molecule has 8 nitrogen and oxygen atoms in total. The summed E-state index contributed by atoms with van der Waals surface area (Å²) in [4.78, 5) is 40.4. The summed E-state index contributed by atoms with van der Waals surface area (Å²) in [7, 11) is 0. The second kappa shape index (κ2) is 11.1. The molecule has 0 radical (unpaired) electrons. The number of carbonyl (C=O) groups excluding carboxylic acids is 2. The van der Waals surface area contributed by atoms with Gasteiger partial charge >= 0.3 is 12.1 Å². The van der Waals surface area contributed by atoms with E-state index in [0.717, 1.165) is 16.0 Å². The van der Waals surface area contributed by atoms with Crippen LogP contribution in [0.1, 0.15) is 48.1 Å². The van der Waals surface area contributed by atoms with Crippen molar-refractivity contribution in [3.63, 3.8) is 0 Å². The van der Waals surface area contributed by atoms with Gasteiger partial charge in [-0.1, -0.05) is 55.5 Å². The van der Waals surface area contributed by atoms with Crippen molar-refractivity contribution in [3.05, 3.63) is 70.7 Å². The Balaban J connectivity index is 1.27. The minimum absolute atomic E-state index is 0.0217. The maximum atomic E-state index is 12.4. The van der Waals surface area contributed by atoms with Crippen molar-refractivity contribution in [3.8, 4) is 11.1 Å². The predicted octanol–water partition coefficient (Wildman–Crippen LogP) is 4.81. The molecule has 2 aromatic carbocycles. The molecular formula is C26H27N3O5S. The number of rotatable bonds is 10. The number of hydrogen-bond donors (Lipinski definition) is 3. The maximum absolute atomic E-state index is 12.4. The first-order valence-corrected chi connectivity index (χ1v) is 12.3. The summed E-state index contributed by atoms with van der Waals surface area (Å²) in [5, 5.41) is 14.7. The van der Waals surface area contributed by atoms with Crippen molar-refractivity contribution in [2.75, 3.05) is 11.9 Å². The molecule has 0 saturated carbocycles. The summed E-state index contributed by atoms with van der Waals surface area (Å²) >= 11 is 1.28. The number of nitrogens with zero attached hydrogens (tertiary/aromatic N) is 1. The molecule has 9 heteroatoms. The van der Waals surface area contributed by atoms with Crippen LogP contribution >= 0.6 is 11.3 Å². The maximum Gasteiger partial charge on any atom is 0.413 e. The number of thiazole rings is 1. The van der Waals surface area contributed by atoms with Crippen LogP contribution in [0.2, 0.25) is 0 Å². The van der Waals surface area contributed by atoms with E-state index in [9.17, 15) is 14.4 Å². The van der Waals surface area contributed by atoms with E-state index in [4.69, 9.17) is 9.84 Å². The van der Waals surface area contributed by atoms with Gasteiger partial charge in [0.15, 0.2) is 5.13 Å². The Morgan fingerprint density at radius 3 is 2.37 bits per heavy atom. The number of carbonyl (C=O) groups is 3. The van der Waals surface area contributed by atoms with Crippen molar-refractivity contribution in [2.45, 2.75) is 44.6 Å². The van der Waals surface area contributed by atoms with Crippen LogP contribution in [-0.4, -0.2) is 40.7 Å². The monoisotopic (exact) mass is 493 g/mol. The molecule has 0 unspecified atom stereocenters. The van der Waals surface area contributed by atoms with Crippen LogP contribution in [0.25, 0.3) is 11.1 Å². The molecule has 0 fully saturated rings. The Hall–Kier alpha value is -3.72. The molecule has 35 heavy (non-hydrogen) atoms. The number of carboxylic acids is 1. The van der Waals surface area contributed by atoms with E-state index in [-0.39, 0.29) is 37.3 Å². The Kier molecular flexibility index (Phi) is 7.77. The van der Waals surface area contributed by atoms with E-state index in [1.54, 1.807) is 6.20 Å². The SMILES string of the molecule is CC[C@H](CC(=O)O)NC(=O)CCc1cnc(NC(=O)OCC2c3ccccc3-c3ccccc32)s1. The minimum Gasteiger partial charge on any atom is -0.481 e. The topological polar surface area (TPSA) is 118 Å². The summed E-state index contributed by atoms with van der Waals surface area (Å²) < 4.78 is 5.54. The van der Waals surface area contributed by atoms with Gasteiger partial charge < -0.3 is 15.2 Å². The lowest BCUT2D eigenvalue weighted by Gasteiger charge is -2.14. The van der Waals surface area contributed by atoms with Crippen molar-refractivity contribution in [1.29, 1.82) is 0 Å². The van der Waals surface area contributed by atoms with E-state index >= 15 is 0 Å². The molecule has 1 atom stereocenters. The number of ether oxygens (including phenoxy) is 1. The summed E-state index contributed by atoms with van der Waals surface area (Å²) in [6, 6.07) is 15.9. The Bertz CT molecular complexity index is 1180. The first kappa shape index (κ1) is 24.4. The average Bonchev–Trinajstić information content (AvgIpc) is 3.42. The number of carboxylic acid groups (broad SMARTS) is 1. The molecule has 0 aliphatic heterocycles. The zero-order chi connectivity index (χ0) is 24.8. The smallest absolute Gasteiger partial charge is 0.413 e. The number of amides is 2. The molecule has 4 rings (SSSR count). The van der Waals surface area contributed by atoms with Gasteiger partial charge in [-0.25, -0.2) is 9.78 Å². The molecule has 0 saturated heterocycles. The number of anilines is 1. The van der Waals surface area contributed by atoms with Crippen molar-refractivity contribution in [1.82, 2.24) is 10.3 Å². The van der Waals surface area contributed by atoms with Gasteiger partial charge in [0.25, 0.3) is 0 Å². The number of fused-ring (bicyclic) bond motifs is 3. The highest BCUT2D eigenvalue weighted by atomic mass is 32.1. The van der Waals surface area contributed by atoms with Gasteiger partial charge in [-0.15, -0.1) is 11.3 Å². The first-order valence-electron chi connectivity index (χ1n) is 11.5. The molecule has 2 amide bonds. The number of aliphatic carboxylic acids is 1. The normalized spacial score (nSPS) is 12.9. The quantitative estimate of drug-likeness (QED) is 0.373. The number of nitrogens with one attached hydrogen (secondary N) is 2. The molecular weight excluding hydrogens is 466 g/mol. The Morgan fingerprint density at radius 2 is 1.74 bits per heavy atom. The molecule has 3 N–H and O–H groups in total. The number of benzene rings is 2. The third kappa shape index (κ3) is 6.05. The molecule has 1 aliphatic carbocycles. The fourth-order valence-corrected chi connectivity index (χ4v) is 5.05. The van der Waals surface area contributed by atoms with Gasteiger partial charge in [0.05, 0.1) is 6.42 Å². The van der Waals surface area contributed by atoms with Crippen LogP contribution in [0, 0.1) is 0 Å². The third-order valence-corrected chi connectivity index (χ3v) is 6.96. The summed E-state index contributed by atoms with van der Waals surface area (Å²) in [5.41, 5.74) is 4.62. The van der Waals surface area contributed by atoms with E-state index in [2.05, 4.69) is 39.9 Å². The highest BCUT2D eigenvalue weighted by Crippen LogP contribution is 2.44. The lowest BCUT2D eigenvalue weighted by Crippen LogP contribution is -2.36. The van der Waals surface area contributed by atoms with Crippen LogP contribution in [0.15, 0.2) is 54.7 Å². The molecule has 0 bridgehead atoms. The lowest BCUT2D eigenvalue weighted by molar-refractivity contribution is -0.137. The fourth-order valence-electron chi connectivity index (χ4n) is 4.25. The highest BCUT2D eigenvalue weighted by molar-refractivity contribution is 7.15. The molecule has 1 aliphatic rings. The largest absolute Gasteiger partial charge is 0.481 e. The second-order valence-corrected chi connectivity index (χ2v) is 9.47. The van der Waals surface area contributed by atoms with Crippen LogP contribution in [0.5, 0.6) is 0 Å². The predicted molar refractivity (Wildman–Crippen MR) is 134 cm³/mol. The third-order valence-electron chi connectivity index (χ3n) is 5.98. The van der Waals surface area contributed by atoms with Crippen molar-refractivity contribution < 1.29 is 24.2 Å². The Morgan fingerprint density at radius 1 is 1.09 bits per heavy atom.